The third-order valence-electron chi connectivity index (χ3n) is 3.66. The molecule has 2 rings (SSSR count). The maximum atomic E-state index is 12.2. The van der Waals surface area contributed by atoms with Crippen LogP contribution in [0.15, 0.2) is 18.2 Å². The summed E-state index contributed by atoms with van der Waals surface area (Å²) in [6, 6.07) is 5.20. The first kappa shape index (κ1) is 18.0. The number of nitrogens with one attached hydrogen (secondary N) is 1. The van der Waals surface area contributed by atoms with Gasteiger partial charge in [-0.25, -0.2) is 0 Å². The second-order valence-corrected chi connectivity index (χ2v) is 6.25. The van der Waals surface area contributed by atoms with E-state index in [1.54, 1.807) is 18.2 Å². The Balaban J connectivity index is 1.88. The lowest BCUT2D eigenvalue weighted by atomic mass is 10.2. The molecule has 1 aliphatic heterocycles. The highest BCUT2D eigenvalue weighted by Crippen LogP contribution is 2.28. The third kappa shape index (κ3) is 5.35. The van der Waals surface area contributed by atoms with Gasteiger partial charge in [-0.3, -0.25) is 4.79 Å². The van der Waals surface area contributed by atoms with Crippen molar-refractivity contribution in [1.29, 1.82) is 0 Å². The van der Waals surface area contributed by atoms with E-state index in [2.05, 4.69) is 5.32 Å². The van der Waals surface area contributed by atoms with Crippen molar-refractivity contribution in [2.24, 2.45) is 5.73 Å². The molecule has 1 fully saturated rings. The number of likely N-dealkylation sites (N-methyl/N-ethyl adjacent to an activating group) is 1. The molecule has 0 bridgehead atoms. The van der Waals surface area contributed by atoms with Crippen LogP contribution in [0.5, 0.6) is 5.75 Å². The van der Waals surface area contributed by atoms with Gasteiger partial charge in [0.1, 0.15) is 18.5 Å². The fraction of sp³-hybridized carbons (Fsp3) is 0.562. The molecule has 7 heteroatoms. The number of nitrogens with two attached hydrogens (primary N) is 1. The molecule has 0 radical (unpaired) electrons. The summed E-state index contributed by atoms with van der Waals surface area (Å²) in [5.41, 5.74) is 6.18. The number of benzene rings is 1. The number of halogens is 1. The summed E-state index contributed by atoms with van der Waals surface area (Å²) in [6.45, 7) is 1.79. The minimum absolute atomic E-state index is 0.0261. The second kappa shape index (κ2) is 8.49. The quantitative estimate of drug-likeness (QED) is 0.789. The molecular formula is C16H24ClN3O3. The number of nitrogens with zero attached hydrogens (tertiary/aromatic N) is 1. The van der Waals surface area contributed by atoms with Crippen LogP contribution in [0.25, 0.3) is 0 Å². The number of carbonyl (C=O) groups excluding carboxylic acids is 1. The topological polar surface area (TPSA) is 76.8 Å². The number of hydrogen-bond acceptors (Lipinski definition) is 5. The number of amides is 1. The standard InChI is InChI=1S/C16H24ClN3O3/c1-20(2)7-8-22-14-5-3-11(9-13(14)17)19-16(21)15-6-4-12(10-18)23-15/h3,5,9,12,15H,4,6-8,10,18H2,1-2H3,(H,19,21)/t12-,15+/m1/s1. The second-order valence-electron chi connectivity index (χ2n) is 5.85. The maximum absolute atomic E-state index is 12.2. The van der Waals surface area contributed by atoms with E-state index < -0.39 is 6.10 Å². The summed E-state index contributed by atoms with van der Waals surface area (Å²) in [5.74, 6) is 0.435. The minimum atomic E-state index is -0.446. The van der Waals surface area contributed by atoms with Crippen LogP contribution in [0.2, 0.25) is 5.02 Å². The smallest absolute Gasteiger partial charge is 0.253 e. The predicted molar refractivity (Wildman–Crippen MR) is 91.1 cm³/mol. The molecule has 0 saturated carbocycles. The van der Waals surface area contributed by atoms with Crippen molar-refractivity contribution in [2.75, 3.05) is 39.1 Å². The van der Waals surface area contributed by atoms with E-state index in [1.165, 1.54) is 0 Å². The van der Waals surface area contributed by atoms with Crippen molar-refractivity contribution in [3.63, 3.8) is 0 Å². The minimum Gasteiger partial charge on any atom is -0.491 e. The molecule has 3 N–H and O–H groups in total. The van der Waals surface area contributed by atoms with Gasteiger partial charge >= 0.3 is 0 Å². The number of hydrogen-bond donors (Lipinski definition) is 2. The molecule has 0 spiro atoms. The maximum Gasteiger partial charge on any atom is 0.253 e. The Morgan fingerprint density at radius 1 is 1.48 bits per heavy atom. The molecule has 1 saturated heterocycles. The summed E-state index contributed by atoms with van der Waals surface area (Å²) in [5, 5.41) is 3.28. The van der Waals surface area contributed by atoms with Gasteiger partial charge in [0, 0.05) is 18.8 Å². The Bertz CT molecular complexity index is 539. The Hall–Kier alpha value is -1.34. The van der Waals surface area contributed by atoms with Crippen molar-refractivity contribution >= 4 is 23.2 Å². The molecule has 1 heterocycles. The highest BCUT2D eigenvalue weighted by atomic mass is 35.5. The summed E-state index contributed by atoms with van der Waals surface area (Å²) < 4.78 is 11.2. The molecule has 0 aromatic heterocycles. The fourth-order valence-electron chi connectivity index (χ4n) is 2.33. The summed E-state index contributed by atoms with van der Waals surface area (Å²) in [4.78, 5) is 14.2. The predicted octanol–water partition coefficient (Wildman–Crippen LogP) is 1.73. The van der Waals surface area contributed by atoms with E-state index in [9.17, 15) is 4.79 Å². The first-order valence-electron chi connectivity index (χ1n) is 7.73. The van der Waals surface area contributed by atoms with Gasteiger partial charge in [-0.15, -0.1) is 0 Å². The summed E-state index contributed by atoms with van der Waals surface area (Å²) >= 11 is 6.20. The van der Waals surface area contributed by atoms with E-state index in [0.29, 0.717) is 36.0 Å². The van der Waals surface area contributed by atoms with Gasteiger partial charge < -0.3 is 25.4 Å². The first-order chi connectivity index (χ1) is 11.0. The first-order valence-corrected chi connectivity index (χ1v) is 8.11. The van der Waals surface area contributed by atoms with Crippen LogP contribution in [0.3, 0.4) is 0 Å². The van der Waals surface area contributed by atoms with Crippen molar-refractivity contribution in [3.05, 3.63) is 23.2 Å². The van der Waals surface area contributed by atoms with Gasteiger partial charge in [-0.2, -0.15) is 0 Å². The van der Waals surface area contributed by atoms with Crippen LogP contribution in [0, 0.1) is 0 Å². The number of anilines is 1. The largest absolute Gasteiger partial charge is 0.491 e. The zero-order valence-electron chi connectivity index (χ0n) is 13.5. The van der Waals surface area contributed by atoms with Crippen LogP contribution >= 0.6 is 11.6 Å². The van der Waals surface area contributed by atoms with Crippen molar-refractivity contribution in [1.82, 2.24) is 4.90 Å². The highest BCUT2D eigenvalue weighted by molar-refractivity contribution is 6.32. The Morgan fingerprint density at radius 3 is 2.87 bits per heavy atom. The molecule has 23 heavy (non-hydrogen) atoms. The van der Waals surface area contributed by atoms with E-state index in [4.69, 9.17) is 26.8 Å². The number of carbonyl (C=O) groups is 1. The monoisotopic (exact) mass is 341 g/mol. The molecule has 128 valence electrons. The van der Waals surface area contributed by atoms with Crippen molar-refractivity contribution in [3.8, 4) is 5.75 Å². The van der Waals surface area contributed by atoms with Crippen LogP contribution in [0.4, 0.5) is 5.69 Å². The lowest BCUT2D eigenvalue weighted by Crippen LogP contribution is -2.29. The molecule has 1 aromatic rings. The van der Waals surface area contributed by atoms with Gasteiger partial charge in [-0.1, -0.05) is 11.6 Å². The van der Waals surface area contributed by atoms with Crippen molar-refractivity contribution in [2.45, 2.75) is 25.0 Å². The molecule has 0 unspecified atom stereocenters. The van der Waals surface area contributed by atoms with E-state index in [0.717, 1.165) is 13.0 Å². The van der Waals surface area contributed by atoms with Gasteiger partial charge in [0.25, 0.3) is 5.91 Å². The van der Waals surface area contributed by atoms with Gasteiger partial charge in [-0.05, 0) is 45.1 Å². The van der Waals surface area contributed by atoms with E-state index >= 15 is 0 Å². The summed E-state index contributed by atoms with van der Waals surface area (Å²) in [6.07, 6.45) is 1.03. The Labute approximate surface area is 141 Å². The molecule has 0 aliphatic carbocycles. The molecule has 6 nitrogen and oxygen atoms in total. The number of rotatable bonds is 7. The van der Waals surface area contributed by atoms with Crippen LogP contribution in [-0.2, 0) is 9.53 Å². The lowest BCUT2D eigenvalue weighted by Gasteiger charge is -2.14. The normalized spacial score (nSPS) is 20.7. The average molecular weight is 342 g/mol. The Morgan fingerprint density at radius 2 is 2.26 bits per heavy atom. The van der Waals surface area contributed by atoms with E-state index in [-0.39, 0.29) is 12.0 Å². The van der Waals surface area contributed by atoms with Gasteiger partial charge in [0.15, 0.2) is 0 Å². The molecule has 1 amide bonds. The third-order valence-corrected chi connectivity index (χ3v) is 3.95. The molecule has 2 atom stereocenters. The molecule has 1 aliphatic rings. The summed E-state index contributed by atoms with van der Waals surface area (Å²) in [7, 11) is 3.95. The van der Waals surface area contributed by atoms with Crippen molar-refractivity contribution < 1.29 is 14.3 Å². The fourth-order valence-corrected chi connectivity index (χ4v) is 2.56. The zero-order valence-corrected chi connectivity index (χ0v) is 14.3. The average Bonchev–Trinajstić information content (AvgIpc) is 2.98. The SMILES string of the molecule is CN(C)CCOc1ccc(NC(=O)[C@@H]2CC[C@H](CN)O2)cc1Cl. The van der Waals surface area contributed by atoms with Gasteiger partial charge in [0.2, 0.25) is 0 Å². The highest BCUT2D eigenvalue weighted by Gasteiger charge is 2.29. The number of ether oxygens (including phenoxy) is 2. The van der Waals surface area contributed by atoms with Crippen LogP contribution in [0.1, 0.15) is 12.8 Å². The lowest BCUT2D eigenvalue weighted by molar-refractivity contribution is -0.126. The van der Waals surface area contributed by atoms with E-state index in [1.807, 2.05) is 19.0 Å². The molecule has 1 aromatic carbocycles. The van der Waals surface area contributed by atoms with Crippen LogP contribution < -0.4 is 15.8 Å². The zero-order chi connectivity index (χ0) is 16.8. The molecular weight excluding hydrogens is 318 g/mol. The van der Waals surface area contributed by atoms with Crippen LogP contribution in [-0.4, -0.2) is 56.8 Å². The Kier molecular flexibility index (Phi) is 6.65. The van der Waals surface area contributed by atoms with Gasteiger partial charge in [0.05, 0.1) is 11.1 Å².